The first-order valence-electron chi connectivity index (χ1n) is 9.82. The fraction of sp³-hybridized carbons (Fsp3) is 0.125. The lowest BCUT2D eigenvalue weighted by Gasteiger charge is -2.09. The molecule has 4 rings (SSSR count). The SMILES string of the molecule is COC(=O)CNC(=O)c1ccc(NC(=O)COc2ccc3oc4ccccc4c3c2)cc1. The second kappa shape index (κ2) is 9.22. The van der Waals surface area contributed by atoms with E-state index in [0.717, 1.165) is 21.9 Å². The largest absolute Gasteiger partial charge is 0.484 e. The van der Waals surface area contributed by atoms with Crippen molar-refractivity contribution in [3.05, 3.63) is 72.3 Å². The molecule has 32 heavy (non-hydrogen) atoms. The Morgan fingerprint density at radius 1 is 0.906 bits per heavy atom. The van der Waals surface area contributed by atoms with Crippen LogP contribution in [-0.2, 0) is 14.3 Å². The van der Waals surface area contributed by atoms with Crippen LogP contribution in [0.4, 0.5) is 5.69 Å². The molecular formula is C24H20N2O6. The van der Waals surface area contributed by atoms with Gasteiger partial charge in [-0.25, -0.2) is 0 Å². The number of hydrogen-bond donors (Lipinski definition) is 2. The predicted octanol–water partition coefficient (Wildman–Crippen LogP) is 3.51. The quantitative estimate of drug-likeness (QED) is 0.433. The number of ether oxygens (including phenoxy) is 2. The van der Waals surface area contributed by atoms with Gasteiger partial charge in [-0.15, -0.1) is 0 Å². The van der Waals surface area contributed by atoms with Crippen molar-refractivity contribution >= 4 is 45.4 Å². The number of esters is 1. The van der Waals surface area contributed by atoms with Crippen molar-refractivity contribution < 1.29 is 28.3 Å². The minimum absolute atomic E-state index is 0.178. The van der Waals surface area contributed by atoms with Crippen LogP contribution < -0.4 is 15.4 Å². The zero-order valence-electron chi connectivity index (χ0n) is 17.2. The summed E-state index contributed by atoms with van der Waals surface area (Å²) in [6, 6.07) is 19.4. The van der Waals surface area contributed by atoms with Crippen LogP contribution in [0.2, 0.25) is 0 Å². The molecule has 1 aromatic heterocycles. The molecule has 162 valence electrons. The number of anilines is 1. The van der Waals surface area contributed by atoms with Gasteiger partial charge in [0.05, 0.1) is 7.11 Å². The number of para-hydroxylation sites is 1. The van der Waals surface area contributed by atoms with E-state index in [2.05, 4.69) is 15.4 Å². The Bertz CT molecular complexity index is 1290. The molecule has 0 aliphatic heterocycles. The van der Waals surface area contributed by atoms with E-state index in [9.17, 15) is 14.4 Å². The Kier molecular flexibility index (Phi) is 6.03. The summed E-state index contributed by atoms with van der Waals surface area (Å²) in [5.74, 6) is -0.747. The standard InChI is InChI=1S/C24H20N2O6/c1-30-23(28)13-25-24(29)15-6-8-16(9-7-15)26-22(27)14-31-17-10-11-21-19(12-17)18-4-2-3-5-20(18)32-21/h2-12H,13-14H2,1H3,(H,25,29)(H,26,27). The Morgan fingerprint density at radius 2 is 1.66 bits per heavy atom. The Labute approximate surface area is 183 Å². The van der Waals surface area contributed by atoms with Crippen LogP contribution in [0.25, 0.3) is 21.9 Å². The average Bonchev–Trinajstić information content (AvgIpc) is 3.19. The van der Waals surface area contributed by atoms with Gasteiger partial charge >= 0.3 is 5.97 Å². The van der Waals surface area contributed by atoms with Crippen molar-refractivity contribution in [3.8, 4) is 5.75 Å². The molecule has 8 heteroatoms. The van der Waals surface area contributed by atoms with Crippen LogP contribution in [0.1, 0.15) is 10.4 Å². The van der Waals surface area contributed by atoms with Crippen molar-refractivity contribution in [2.45, 2.75) is 0 Å². The van der Waals surface area contributed by atoms with Crippen LogP contribution >= 0.6 is 0 Å². The smallest absolute Gasteiger partial charge is 0.325 e. The molecule has 0 atom stereocenters. The maximum absolute atomic E-state index is 12.3. The van der Waals surface area contributed by atoms with Crippen molar-refractivity contribution in [2.24, 2.45) is 0 Å². The number of carbonyl (C=O) groups excluding carboxylic acids is 3. The molecule has 0 fully saturated rings. The summed E-state index contributed by atoms with van der Waals surface area (Å²) in [4.78, 5) is 35.3. The summed E-state index contributed by atoms with van der Waals surface area (Å²) in [7, 11) is 1.24. The van der Waals surface area contributed by atoms with Gasteiger partial charge in [-0.05, 0) is 48.5 Å². The number of nitrogens with one attached hydrogen (secondary N) is 2. The fourth-order valence-electron chi connectivity index (χ4n) is 3.17. The van der Waals surface area contributed by atoms with Gasteiger partial charge in [0, 0.05) is 22.0 Å². The first-order valence-corrected chi connectivity index (χ1v) is 9.82. The number of methoxy groups -OCH3 is 1. The van der Waals surface area contributed by atoms with Crippen molar-refractivity contribution in [1.29, 1.82) is 0 Å². The van der Waals surface area contributed by atoms with Crippen LogP contribution in [0.5, 0.6) is 5.75 Å². The van der Waals surface area contributed by atoms with E-state index in [0.29, 0.717) is 17.0 Å². The van der Waals surface area contributed by atoms with Gasteiger partial charge < -0.3 is 24.5 Å². The summed E-state index contributed by atoms with van der Waals surface area (Å²) in [6.07, 6.45) is 0. The summed E-state index contributed by atoms with van der Waals surface area (Å²) < 4.78 is 15.9. The summed E-state index contributed by atoms with van der Waals surface area (Å²) in [6.45, 7) is -0.395. The third-order valence-corrected chi connectivity index (χ3v) is 4.77. The van der Waals surface area contributed by atoms with Gasteiger partial charge in [-0.1, -0.05) is 18.2 Å². The Hall–Kier alpha value is -4.33. The van der Waals surface area contributed by atoms with E-state index in [-0.39, 0.29) is 19.1 Å². The fourth-order valence-corrected chi connectivity index (χ4v) is 3.17. The molecule has 4 aromatic rings. The lowest BCUT2D eigenvalue weighted by atomic mass is 10.1. The first-order chi connectivity index (χ1) is 15.5. The second-order valence-corrected chi connectivity index (χ2v) is 6.93. The van der Waals surface area contributed by atoms with Gasteiger partial charge in [0.15, 0.2) is 6.61 Å². The van der Waals surface area contributed by atoms with E-state index in [1.54, 1.807) is 30.3 Å². The van der Waals surface area contributed by atoms with Gasteiger partial charge in [-0.2, -0.15) is 0 Å². The molecule has 0 saturated carbocycles. The second-order valence-electron chi connectivity index (χ2n) is 6.93. The molecule has 0 aliphatic rings. The predicted molar refractivity (Wildman–Crippen MR) is 119 cm³/mol. The molecule has 0 unspecified atom stereocenters. The molecule has 0 bridgehead atoms. The van der Waals surface area contributed by atoms with Crippen LogP contribution in [0.3, 0.4) is 0 Å². The first kappa shape index (κ1) is 20.9. The van der Waals surface area contributed by atoms with Gasteiger partial charge in [0.1, 0.15) is 23.5 Å². The maximum atomic E-state index is 12.3. The van der Waals surface area contributed by atoms with Gasteiger partial charge in [0.2, 0.25) is 0 Å². The van der Waals surface area contributed by atoms with Crippen molar-refractivity contribution in [3.63, 3.8) is 0 Å². The number of furan rings is 1. The maximum Gasteiger partial charge on any atom is 0.325 e. The van der Waals surface area contributed by atoms with Crippen molar-refractivity contribution in [2.75, 3.05) is 25.6 Å². The van der Waals surface area contributed by atoms with Crippen LogP contribution in [0, 0.1) is 0 Å². The number of fused-ring (bicyclic) bond motifs is 3. The third-order valence-electron chi connectivity index (χ3n) is 4.77. The van der Waals surface area contributed by atoms with Gasteiger partial charge in [0.25, 0.3) is 11.8 Å². The molecule has 0 aliphatic carbocycles. The Balaban J connectivity index is 1.33. The highest BCUT2D eigenvalue weighted by atomic mass is 16.5. The zero-order chi connectivity index (χ0) is 22.5. The van der Waals surface area contributed by atoms with E-state index in [1.165, 1.54) is 7.11 Å². The molecule has 0 saturated heterocycles. The monoisotopic (exact) mass is 432 g/mol. The third kappa shape index (κ3) is 4.70. The summed E-state index contributed by atoms with van der Waals surface area (Å²) in [5, 5.41) is 7.05. The minimum Gasteiger partial charge on any atom is -0.484 e. The van der Waals surface area contributed by atoms with Crippen LogP contribution in [0.15, 0.2) is 71.1 Å². The number of amides is 2. The molecular weight excluding hydrogens is 412 g/mol. The number of hydrogen-bond acceptors (Lipinski definition) is 6. The highest BCUT2D eigenvalue weighted by Crippen LogP contribution is 2.31. The number of rotatable bonds is 7. The normalized spacial score (nSPS) is 10.7. The summed E-state index contributed by atoms with van der Waals surface area (Å²) in [5.41, 5.74) is 2.40. The molecule has 0 radical (unpaired) electrons. The van der Waals surface area contributed by atoms with Crippen molar-refractivity contribution in [1.82, 2.24) is 5.32 Å². The molecule has 8 nitrogen and oxygen atoms in total. The van der Waals surface area contributed by atoms with Crippen LogP contribution in [-0.4, -0.2) is 38.0 Å². The zero-order valence-corrected chi connectivity index (χ0v) is 17.2. The molecule has 2 N–H and O–H groups in total. The van der Waals surface area contributed by atoms with E-state index in [1.807, 2.05) is 36.4 Å². The van der Waals surface area contributed by atoms with E-state index < -0.39 is 11.9 Å². The highest BCUT2D eigenvalue weighted by Gasteiger charge is 2.11. The molecule has 2 amide bonds. The Morgan fingerprint density at radius 3 is 2.44 bits per heavy atom. The van der Waals surface area contributed by atoms with Gasteiger partial charge in [-0.3, -0.25) is 14.4 Å². The molecule has 1 heterocycles. The lowest BCUT2D eigenvalue weighted by molar-refractivity contribution is -0.139. The minimum atomic E-state index is -0.540. The number of benzene rings is 3. The van der Waals surface area contributed by atoms with E-state index in [4.69, 9.17) is 9.15 Å². The van der Waals surface area contributed by atoms with E-state index >= 15 is 0 Å². The molecule has 3 aromatic carbocycles. The lowest BCUT2D eigenvalue weighted by Crippen LogP contribution is -2.30. The summed E-state index contributed by atoms with van der Waals surface area (Å²) >= 11 is 0. The topological polar surface area (TPSA) is 107 Å². The average molecular weight is 432 g/mol. The highest BCUT2D eigenvalue weighted by molar-refractivity contribution is 6.05. The number of carbonyl (C=O) groups is 3. The molecule has 0 spiro atoms.